The predicted molar refractivity (Wildman–Crippen MR) is 113 cm³/mol. The molecule has 2 saturated carbocycles. The highest BCUT2D eigenvalue weighted by molar-refractivity contribution is 5.81. The standard InChI is InChI=1S/C22H40N4O3/c1-4-5-16-24-21(28)25(18-14-10-7-11-15-18)19(22(24,2)3)26(29)20(27)23-17-12-8-6-9-13-17/h17-19,29H,4-16H2,1-3H3,(H,23,27)/t19-/m0/s1. The number of hydrogen-bond acceptors (Lipinski definition) is 3. The van der Waals surface area contributed by atoms with E-state index in [4.69, 9.17) is 0 Å². The molecular formula is C22H40N4O3. The average molecular weight is 409 g/mol. The lowest BCUT2D eigenvalue weighted by atomic mass is 9.92. The third-order valence-electron chi connectivity index (χ3n) is 7.12. The number of nitrogens with one attached hydrogen (secondary N) is 1. The minimum atomic E-state index is -0.668. The molecule has 166 valence electrons. The minimum Gasteiger partial charge on any atom is -0.333 e. The Kier molecular flexibility index (Phi) is 7.30. The van der Waals surface area contributed by atoms with Crippen LogP contribution < -0.4 is 5.32 Å². The van der Waals surface area contributed by atoms with Crippen molar-refractivity contribution in [3.63, 3.8) is 0 Å². The zero-order valence-corrected chi connectivity index (χ0v) is 18.5. The molecule has 4 amide bonds. The van der Waals surface area contributed by atoms with Gasteiger partial charge in [-0.1, -0.05) is 51.9 Å². The number of hydroxylamine groups is 2. The Balaban J connectivity index is 1.81. The van der Waals surface area contributed by atoms with Gasteiger partial charge in [0.25, 0.3) is 0 Å². The van der Waals surface area contributed by atoms with Crippen LogP contribution in [0.15, 0.2) is 0 Å². The monoisotopic (exact) mass is 408 g/mol. The van der Waals surface area contributed by atoms with Gasteiger partial charge in [-0.3, -0.25) is 10.1 Å². The van der Waals surface area contributed by atoms with Crippen LogP contribution in [0.2, 0.25) is 0 Å². The van der Waals surface area contributed by atoms with Crippen LogP contribution in [0, 0.1) is 0 Å². The molecule has 0 aromatic rings. The van der Waals surface area contributed by atoms with Gasteiger partial charge in [-0.05, 0) is 46.0 Å². The molecule has 3 fully saturated rings. The van der Waals surface area contributed by atoms with Crippen molar-refractivity contribution in [1.82, 2.24) is 20.2 Å². The number of carbonyl (C=O) groups excluding carboxylic acids is 2. The average Bonchev–Trinajstić information content (AvgIpc) is 2.92. The van der Waals surface area contributed by atoms with E-state index in [9.17, 15) is 14.8 Å². The van der Waals surface area contributed by atoms with Gasteiger partial charge >= 0.3 is 12.1 Å². The van der Waals surface area contributed by atoms with Crippen molar-refractivity contribution in [3.05, 3.63) is 0 Å². The molecule has 7 nitrogen and oxygen atoms in total. The lowest BCUT2D eigenvalue weighted by Gasteiger charge is -2.41. The van der Waals surface area contributed by atoms with E-state index in [1.54, 1.807) is 0 Å². The summed E-state index contributed by atoms with van der Waals surface area (Å²) in [5, 5.41) is 14.9. The summed E-state index contributed by atoms with van der Waals surface area (Å²) in [6, 6.07) is -0.305. The first-order chi connectivity index (χ1) is 13.9. The molecule has 2 N–H and O–H groups in total. The van der Waals surface area contributed by atoms with E-state index < -0.39 is 17.7 Å². The highest BCUT2D eigenvalue weighted by atomic mass is 16.5. The molecule has 0 aromatic carbocycles. The molecule has 0 bridgehead atoms. The Hall–Kier alpha value is -1.50. The Labute approximate surface area is 175 Å². The Morgan fingerprint density at radius 3 is 2.28 bits per heavy atom. The second-order valence-corrected chi connectivity index (χ2v) is 9.64. The molecule has 1 aliphatic heterocycles. The molecule has 0 unspecified atom stereocenters. The zero-order chi connectivity index (χ0) is 21.0. The van der Waals surface area contributed by atoms with Crippen molar-refractivity contribution in [3.8, 4) is 0 Å². The number of unbranched alkanes of at least 4 members (excludes halogenated alkanes) is 1. The smallest absolute Gasteiger partial charge is 0.333 e. The van der Waals surface area contributed by atoms with E-state index >= 15 is 0 Å². The van der Waals surface area contributed by atoms with E-state index in [-0.39, 0.29) is 18.1 Å². The lowest BCUT2D eigenvalue weighted by molar-refractivity contribution is -0.141. The minimum absolute atomic E-state index is 0.0372. The number of hydrogen-bond donors (Lipinski definition) is 2. The second-order valence-electron chi connectivity index (χ2n) is 9.64. The molecule has 29 heavy (non-hydrogen) atoms. The first-order valence-electron chi connectivity index (χ1n) is 11.8. The fourth-order valence-corrected chi connectivity index (χ4v) is 5.40. The van der Waals surface area contributed by atoms with Gasteiger partial charge in [-0.25, -0.2) is 9.59 Å². The quantitative estimate of drug-likeness (QED) is 0.494. The second kappa shape index (κ2) is 9.54. The third kappa shape index (κ3) is 4.65. The SMILES string of the molecule is CCCCN1C(=O)N(C2CCCCC2)[C@@H](N(O)C(=O)NC2CCCCC2)C1(C)C. The van der Waals surface area contributed by atoms with E-state index in [2.05, 4.69) is 12.2 Å². The molecule has 2 aliphatic carbocycles. The van der Waals surface area contributed by atoms with E-state index in [1.165, 1.54) is 12.8 Å². The molecule has 1 saturated heterocycles. The summed E-state index contributed by atoms with van der Waals surface area (Å²) < 4.78 is 0. The fourth-order valence-electron chi connectivity index (χ4n) is 5.40. The van der Waals surface area contributed by atoms with Gasteiger partial charge in [0, 0.05) is 18.6 Å². The van der Waals surface area contributed by atoms with Crippen molar-refractivity contribution in [2.75, 3.05) is 6.54 Å². The van der Waals surface area contributed by atoms with Crippen LogP contribution in [-0.2, 0) is 0 Å². The summed E-state index contributed by atoms with van der Waals surface area (Å²) in [6.45, 7) is 6.72. The number of carbonyl (C=O) groups is 2. The van der Waals surface area contributed by atoms with Crippen LogP contribution >= 0.6 is 0 Å². The van der Waals surface area contributed by atoms with Gasteiger partial charge < -0.3 is 10.2 Å². The summed E-state index contributed by atoms with van der Waals surface area (Å²) in [7, 11) is 0. The van der Waals surface area contributed by atoms with Gasteiger partial charge in [0.05, 0.1) is 5.54 Å². The molecule has 1 atom stereocenters. The van der Waals surface area contributed by atoms with Crippen LogP contribution in [0.4, 0.5) is 9.59 Å². The zero-order valence-electron chi connectivity index (χ0n) is 18.5. The van der Waals surface area contributed by atoms with Crippen LogP contribution in [0.3, 0.4) is 0 Å². The van der Waals surface area contributed by atoms with Gasteiger partial charge in [-0.15, -0.1) is 0 Å². The Morgan fingerprint density at radius 2 is 1.69 bits per heavy atom. The van der Waals surface area contributed by atoms with Crippen molar-refractivity contribution in [2.45, 2.75) is 122 Å². The van der Waals surface area contributed by atoms with Crippen LogP contribution in [0.5, 0.6) is 0 Å². The van der Waals surface area contributed by atoms with Crippen LogP contribution in [0.1, 0.15) is 97.8 Å². The molecule has 0 spiro atoms. The highest BCUT2D eigenvalue weighted by Crippen LogP contribution is 2.39. The highest BCUT2D eigenvalue weighted by Gasteiger charge is 2.57. The van der Waals surface area contributed by atoms with E-state index in [0.29, 0.717) is 6.54 Å². The van der Waals surface area contributed by atoms with Crippen LogP contribution in [0.25, 0.3) is 0 Å². The molecule has 1 heterocycles. The molecular weight excluding hydrogens is 368 g/mol. The topological polar surface area (TPSA) is 76.1 Å². The maximum atomic E-state index is 13.4. The molecule has 0 radical (unpaired) electrons. The van der Waals surface area contributed by atoms with Gasteiger partial charge in [0.1, 0.15) is 0 Å². The number of amides is 4. The van der Waals surface area contributed by atoms with Crippen molar-refractivity contribution in [2.24, 2.45) is 0 Å². The Bertz CT molecular complexity index is 570. The maximum absolute atomic E-state index is 13.4. The summed E-state index contributed by atoms with van der Waals surface area (Å²) in [5.41, 5.74) is -0.650. The molecule has 3 rings (SSSR count). The number of nitrogens with zero attached hydrogens (tertiary/aromatic N) is 3. The summed E-state index contributed by atoms with van der Waals surface area (Å²) in [5.74, 6) is 0. The first kappa shape index (κ1) is 22.2. The lowest BCUT2D eigenvalue weighted by Crippen LogP contribution is -2.61. The number of rotatable bonds is 6. The van der Waals surface area contributed by atoms with Crippen LogP contribution in [-0.4, -0.2) is 62.5 Å². The number of urea groups is 2. The maximum Gasteiger partial charge on any atom is 0.343 e. The van der Waals surface area contributed by atoms with Gasteiger partial charge in [0.2, 0.25) is 0 Å². The van der Waals surface area contributed by atoms with E-state index in [1.807, 2.05) is 23.6 Å². The molecule has 0 aromatic heterocycles. The summed E-state index contributed by atoms with van der Waals surface area (Å²) in [4.78, 5) is 30.1. The Morgan fingerprint density at radius 1 is 1.10 bits per heavy atom. The van der Waals surface area contributed by atoms with Gasteiger partial charge in [0.15, 0.2) is 6.17 Å². The summed E-state index contributed by atoms with van der Waals surface area (Å²) in [6.07, 6.45) is 11.9. The largest absolute Gasteiger partial charge is 0.343 e. The van der Waals surface area contributed by atoms with E-state index in [0.717, 1.165) is 69.3 Å². The predicted octanol–water partition coefficient (Wildman–Crippen LogP) is 4.70. The van der Waals surface area contributed by atoms with Crippen molar-refractivity contribution in [1.29, 1.82) is 0 Å². The normalized spacial score (nSPS) is 26.1. The molecule has 3 aliphatic rings. The van der Waals surface area contributed by atoms with Gasteiger partial charge in [-0.2, -0.15) is 5.06 Å². The van der Waals surface area contributed by atoms with Crippen molar-refractivity contribution >= 4 is 12.1 Å². The fraction of sp³-hybridized carbons (Fsp3) is 0.909. The first-order valence-corrected chi connectivity index (χ1v) is 11.8. The van der Waals surface area contributed by atoms with Crippen molar-refractivity contribution < 1.29 is 14.8 Å². The summed E-state index contributed by atoms with van der Waals surface area (Å²) >= 11 is 0. The third-order valence-corrected chi connectivity index (χ3v) is 7.12. The molecule has 7 heteroatoms.